The van der Waals surface area contributed by atoms with Gasteiger partial charge in [-0.25, -0.2) is 0 Å². The first kappa shape index (κ1) is 15.3. The molecule has 2 amide bonds. The Hall–Kier alpha value is -1.79. The number of nitrogens with one attached hydrogen (secondary N) is 2. The number of amidine groups is 1. The van der Waals surface area contributed by atoms with Crippen LogP contribution in [-0.2, 0) is 9.59 Å². The summed E-state index contributed by atoms with van der Waals surface area (Å²) in [5.74, 6) is -0.475. The van der Waals surface area contributed by atoms with Gasteiger partial charge in [-0.3, -0.25) is 9.59 Å². The van der Waals surface area contributed by atoms with Gasteiger partial charge in [0.2, 0.25) is 11.8 Å². The molecule has 1 aliphatic rings. The molecule has 1 saturated carbocycles. The molecule has 0 spiro atoms. The Morgan fingerprint density at radius 3 is 2.37 bits per heavy atom. The molecule has 1 fully saturated rings. The Morgan fingerprint density at radius 2 is 1.95 bits per heavy atom. The topological polar surface area (TPSA) is 117 Å². The Labute approximate surface area is 112 Å². The molecule has 108 valence electrons. The lowest BCUT2D eigenvalue weighted by atomic mass is 10.1. The highest BCUT2D eigenvalue weighted by atomic mass is 16.4. The fourth-order valence-electron chi connectivity index (χ4n) is 1.76. The van der Waals surface area contributed by atoms with Crippen molar-refractivity contribution in [2.24, 2.45) is 16.3 Å². The summed E-state index contributed by atoms with van der Waals surface area (Å²) < 4.78 is 0. The average Bonchev–Trinajstić information content (AvgIpc) is 3.06. The predicted molar refractivity (Wildman–Crippen MR) is 70.6 cm³/mol. The van der Waals surface area contributed by atoms with Crippen LogP contribution in [0.5, 0.6) is 0 Å². The summed E-state index contributed by atoms with van der Waals surface area (Å²) >= 11 is 0. The van der Waals surface area contributed by atoms with Crippen molar-refractivity contribution in [1.82, 2.24) is 10.6 Å². The van der Waals surface area contributed by atoms with Crippen LogP contribution in [0.3, 0.4) is 0 Å². The second-order valence-electron chi connectivity index (χ2n) is 5.87. The molecule has 1 rings (SSSR count). The SMILES string of the molecule is CC(C)(C)NC(=O)CCNC(=O)C1(C(N)=NO)CC1. The van der Waals surface area contributed by atoms with Gasteiger partial charge in [0.15, 0.2) is 5.84 Å². The maximum atomic E-state index is 11.9. The summed E-state index contributed by atoms with van der Waals surface area (Å²) in [5, 5.41) is 17.0. The fraction of sp³-hybridized carbons (Fsp3) is 0.750. The van der Waals surface area contributed by atoms with Crippen LogP contribution in [0, 0.1) is 5.41 Å². The van der Waals surface area contributed by atoms with Crippen LogP contribution >= 0.6 is 0 Å². The quantitative estimate of drug-likeness (QED) is 0.242. The Balaban J connectivity index is 2.35. The average molecular weight is 270 g/mol. The summed E-state index contributed by atoms with van der Waals surface area (Å²) in [4.78, 5) is 23.4. The molecule has 7 heteroatoms. The molecule has 0 aliphatic heterocycles. The minimum Gasteiger partial charge on any atom is -0.409 e. The van der Waals surface area contributed by atoms with E-state index < -0.39 is 5.41 Å². The van der Waals surface area contributed by atoms with Gasteiger partial charge in [0.25, 0.3) is 0 Å². The van der Waals surface area contributed by atoms with Crippen molar-refractivity contribution in [2.45, 2.75) is 45.6 Å². The van der Waals surface area contributed by atoms with Crippen LogP contribution in [0.15, 0.2) is 5.16 Å². The normalized spacial score (nSPS) is 17.7. The number of rotatable bonds is 5. The van der Waals surface area contributed by atoms with Gasteiger partial charge in [-0.05, 0) is 33.6 Å². The van der Waals surface area contributed by atoms with Gasteiger partial charge in [-0.1, -0.05) is 5.16 Å². The van der Waals surface area contributed by atoms with Crippen LogP contribution < -0.4 is 16.4 Å². The first-order valence-corrected chi connectivity index (χ1v) is 6.28. The number of amides is 2. The largest absolute Gasteiger partial charge is 0.409 e. The van der Waals surface area contributed by atoms with Crippen LogP contribution in [0.25, 0.3) is 0 Å². The molecule has 0 saturated heterocycles. The lowest BCUT2D eigenvalue weighted by molar-refractivity contribution is -0.124. The Kier molecular flexibility index (Phi) is 4.39. The number of hydrogen-bond acceptors (Lipinski definition) is 4. The van der Waals surface area contributed by atoms with Crippen molar-refractivity contribution < 1.29 is 14.8 Å². The second kappa shape index (κ2) is 5.46. The smallest absolute Gasteiger partial charge is 0.233 e. The molecular weight excluding hydrogens is 248 g/mol. The molecule has 0 unspecified atom stereocenters. The van der Waals surface area contributed by atoms with E-state index in [0.29, 0.717) is 12.8 Å². The summed E-state index contributed by atoms with van der Waals surface area (Å²) in [6.07, 6.45) is 1.35. The van der Waals surface area contributed by atoms with E-state index in [4.69, 9.17) is 10.9 Å². The molecule has 19 heavy (non-hydrogen) atoms. The molecule has 7 nitrogen and oxygen atoms in total. The summed E-state index contributed by atoms with van der Waals surface area (Å²) in [6.45, 7) is 5.91. The maximum Gasteiger partial charge on any atom is 0.233 e. The van der Waals surface area contributed by atoms with Crippen LogP contribution in [0.4, 0.5) is 0 Å². The third kappa shape index (κ3) is 4.11. The van der Waals surface area contributed by atoms with Crippen molar-refractivity contribution in [2.75, 3.05) is 6.54 Å². The zero-order chi connectivity index (χ0) is 14.7. The minimum absolute atomic E-state index is 0.0656. The highest BCUT2D eigenvalue weighted by Crippen LogP contribution is 2.45. The van der Waals surface area contributed by atoms with E-state index in [-0.39, 0.29) is 36.2 Å². The van der Waals surface area contributed by atoms with Gasteiger partial charge >= 0.3 is 0 Å². The van der Waals surface area contributed by atoms with E-state index in [9.17, 15) is 9.59 Å². The zero-order valence-electron chi connectivity index (χ0n) is 11.6. The third-order valence-electron chi connectivity index (χ3n) is 2.93. The van der Waals surface area contributed by atoms with Crippen molar-refractivity contribution in [3.8, 4) is 0 Å². The van der Waals surface area contributed by atoms with Crippen molar-refractivity contribution in [3.63, 3.8) is 0 Å². The molecule has 0 atom stereocenters. The molecule has 5 N–H and O–H groups in total. The number of carbonyl (C=O) groups excluding carboxylic acids is 2. The van der Waals surface area contributed by atoms with Gasteiger partial charge in [0.05, 0.1) is 0 Å². The van der Waals surface area contributed by atoms with E-state index in [1.165, 1.54) is 0 Å². The van der Waals surface area contributed by atoms with E-state index in [2.05, 4.69) is 15.8 Å². The number of carbonyl (C=O) groups is 2. The van der Waals surface area contributed by atoms with E-state index >= 15 is 0 Å². The van der Waals surface area contributed by atoms with Crippen LogP contribution in [-0.4, -0.2) is 34.9 Å². The summed E-state index contributed by atoms with van der Waals surface area (Å²) in [5.41, 5.74) is 4.34. The molecular formula is C12H22N4O3. The maximum absolute atomic E-state index is 11.9. The second-order valence-corrected chi connectivity index (χ2v) is 5.87. The minimum atomic E-state index is -0.866. The highest BCUT2D eigenvalue weighted by Gasteiger charge is 2.54. The monoisotopic (exact) mass is 270 g/mol. The van der Waals surface area contributed by atoms with E-state index in [1.54, 1.807) is 0 Å². The molecule has 0 aromatic rings. The Bertz CT molecular complexity index is 394. The van der Waals surface area contributed by atoms with E-state index in [0.717, 1.165) is 0 Å². The number of nitrogens with two attached hydrogens (primary N) is 1. The lowest BCUT2D eigenvalue weighted by Crippen LogP contribution is -2.44. The summed E-state index contributed by atoms with van der Waals surface area (Å²) in [6, 6.07) is 0. The van der Waals surface area contributed by atoms with Crippen molar-refractivity contribution >= 4 is 17.6 Å². The predicted octanol–water partition coefficient (Wildman–Crippen LogP) is -0.0660. The van der Waals surface area contributed by atoms with Crippen molar-refractivity contribution in [3.05, 3.63) is 0 Å². The first-order valence-electron chi connectivity index (χ1n) is 6.28. The molecule has 0 heterocycles. The standard InChI is InChI=1S/C12H22N4O3/c1-11(2,3)15-8(17)4-7-14-10(18)12(5-6-12)9(13)16-19/h19H,4-7H2,1-3H3,(H2,13,16)(H,14,18)(H,15,17). The highest BCUT2D eigenvalue weighted by molar-refractivity contribution is 6.09. The zero-order valence-corrected chi connectivity index (χ0v) is 11.6. The summed E-state index contributed by atoms with van der Waals surface area (Å²) in [7, 11) is 0. The van der Waals surface area contributed by atoms with Crippen LogP contribution in [0.2, 0.25) is 0 Å². The molecule has 0 radical (unpaired) electrons. The van der Waals surface area contributed by atoms with E-state index in [1.807, 2.05) is 20.8 Å². The molecule has 0 aromatic carbocycles. The molecule has 1 aliphatic carbocycles. The molecule has 0 bridgehead atoms. The lowest BCUT2D eigenvalue weighted by Gasteiger charge is -2.20. The number of hydrogen-bond donors (Lipinski definition) is 4. The third-order valence-corrected chi connectivity index (χ3v) is 2.93. The number of nitrogens with zero attached hydrogens (tertiary/aromatic N) is 1. The van der Waals surface area contributed by atoms with Gasteiger partial charge in [-0.15, -0.1) is 0 Å². The Morgan fingerprint density at radius 1 is 1.37 bits per heavy atom. The molecule has 0 aromatic heterocycles. The van der Waals surface area contributed by atoms with Crippen LogP contribution in [0.1, 0.15) is 40.0 Å². The van der Waals surface area contributed by atoms with Crippen molar-refractivity contribution in [1.29, 1.82) is 0 Å². The van der Waals surface area contributed by atoms with Gasteiger partial charge in [0.1, 0.15) is 5.41 Å². The fourth-order valence-corrected chi connectivity index (χ4v) is 1.76. The van der Waals surface area contributed by atoms with Gasteiger partial charge < -0.3 is 21.6 Å². The number of oxime groups is 1. The van der Waals surface area contributed by atoms with Gasteiger partial charge in [-0.2, -0.15) is 0 Å². The van der Waals surface area contributed by atoms with Gasteiger partial charge in [0, 0.05) is 18.5 Å². The first-order chi connectivity index (χ1) is 8.71.